The SMILES string of the molecule is CC(C)C[C@H](NC(=O)CNC(=O)[C@H](CC(C)C)NC(=O)[C@H](CCC(N)=O)NC(=O)CNC(=O)[C@@H]1C[C@@H](O)CN1)C(=O)N[C@@H](C)C(=O)NCC(=O)N[C@@H](C)C(=O)N[C@@H](CCCCN)C(=O)O. The lowest BCUT2D eigenvalue weighted by Crippen LogP contribution is -2.57. The van der Waals surface area contributed by atoms with Gasteiger partial charge >= 0.3 is 5.97 Å². The summed E-state index contributed by atoms with van der Waals surface area (Å²) in [5.41, 5.74) is 10.7. The zero-order valence-electron chi connectivity index (χ0n) is 38.0. The van der Waals surface area contributed by atoms with E-state index in [0.717, 1.165) is 0 Å². The molecular weight excluding hydrogens is 857 g/mol. The number of carboxylic acids is 1. The first-order chi connectivity index (χ1) is 30.4. The molecule has 25 nitrogen and oxygen atoms in total. The normalized spacial score (nSPS) is 17.2. The fourth-order valence-corrected chi connectivity index (χ4v) is 6.33. The van der Waals surface area contributed by atoms with Crippen molar-refractivity contribution in [3.05, 3.63) is 0 Å². The van der Waals surface area contributed by atoms with Crippen molar-refractivity contribution >= 4 is 65.0 Å². The highest BCUT2D eigenvalue weighted by Gasteiger charge is 2.32. The molecule has 25 heteroatoms. The maximum Gasteiger partial charge on any atom is 0.326 e. The molecule has 1 rings (SSSR count). The van der Waals surface area contributed by atoms with E-state index < -0.39 is 133 Å². The highest BCUT2D eigenvalue weighted by Crippen LogP contribution is 2.09. The van der Waals surface area contributed by atoms with Gasteiger partial charge in [-0.3, -0.25) is 47.9 Å². The van der Waals surface area contributed by atoms with E-state index in [0.29, 0.717) is 19.4 Å². The van der Waals surface area contributed by atoms with Crippen LogP contribution in [-0.2, 0) is 52.7 Å². The van der Waals surface area contributed by atoms with Crippen molar-refractivity contribution in [2.45, 2.75) is 141 Å². The van der Waals surface area contributed by atoms with Gasteiger partial charge in [-0.25, -0.2) is 4.79 Å². The molecule has 1 heterocycles. The van der Waals surface area contributed by atoms with Crippen molar-refractivity contribution in [2.75, 3.05) is 32.7 Å². The van der Waals surface area contributed by atoms with Gasteiger partial charge < -0.3 is 74.8 Å². The van der Waals surface area contributed by atoms with Gasteiger partial charge in [0.05, 0.1) is 31.8 Å². The molecule has 1 aliphatic heterocycles. The molecule has 0 aromatic rings. The van der Waals surface area contributed by atoms with E-state index in [1.807, 2.05) is 0 Å². The number of carboxylic acid groups (broad SMARTS) is 1. The van der Waals surface area contributed by atoms with E-state index in [4.69, 9.17) is 11.5 Å². The van der Waals surface area contributed by atoms with Crippen LogP contribution >= 0.6 is 0 Å². The van der Waals surface area contributed by atoms with Gasteiger partial charge in [0.2, 0.25) is 59.1 Å². The topological polar surface area (TPSA) is 401 Å². The van der Waals surface area contributed by atoms with E-state index in [-0.39, 0.29) is 56.9 Å². The summed E-state index contributed by atoms with van der Waals surface area (Å²) in [5.74, 6) is -9.09. The average molecular weight is 927 g/mol. The van der Waals surface area contributed by atoms with Gasteiger partial charge in [-0.1, -0.05) is 27.7 Å². The molecule has 0 radical (unpaired) electrons. The molecule has 0 saturated carbocycles. The zero-order valence-corrected chi connectivity index (χ0v) is 38.0. The van der Waals surface area contributed by atoms with Crippen LogP contribution in [0.3, 0.4) is 0 Å². The predicted molar refractivity (Wildman–Crippen MR) is 232 cm³/mol. The summed E-state index contributed by atoms with van der Waals surface area (Å²) < 4.78 is 0. The minimum atomic E-state index is -1.35. The van der Waals surface area contributed by atoms with Gasteiger partial charge in [0.25, 0.3) is 0 Å². The maximum absolute atomic E-state index is 13.4. The molecule has 8 atom stereocenters. The number of β-amino-alcohol motifs (C(OH)–C–C–N with tert-alkyl or cyclic N) is 1. The molecule has 1 aliphatic rings. The largest absolute Gasteiger partial charge is 0.480 e. The number of hydrogen-bond acceptors (Lipinski definition) is 14. The lowest BCUT2D eigenvalue weighted by Gasteiger charge is -2.25. The Bertz CT molecular complexity index is 1680. The molecule has 0 aromatic carbocycles. The van der Waals surface area contributed by atoms with Gasteiger partial charge in [0, 0.05) is 13.0 Å². The van der Waals surface area contributed by atoms with Crippen LogP contribution in [0.2, 0.25) is 0 Å². The lowest BCUT2D eigenvalue weighted by molar-refractivity contribution is -0.142. The Morgan fingerprint density at radius 3 is 1.60 bits per heavy atom. The number of aliphatic hydroxyl groups excluding tert-OH is 1. The second-order valence-corrected chi connectivity index (χ2v) is 16.8. The van der Waals surface area contributed by atoms with Crippen LogP contribution in [0, 0.1) is 11.8 Å². The van der Waals surface area contributed by atoms with Crippen LogP contribution in [0.5, 0.6) is 0 Å². The Hall–Kier alpha value is -5.95. The fraction of sp³-hybridized carbons (Fsp3) is 0.725. The van der Waals surface area contributed by atoms with Gasteiger partial charge in [-0.15, -0.1) is 0 Å². The fourth-order valence-electron chi connectivity index (χ4n) is 6.33. The molecule has 0 spiro atoms. The summed E-state index contributed by atoms with van der Waals surface area (Å²) in [6, 6.07) is -7.98. The first-order valence-electron chi connectivity index (χ1n) is 21.7. The van der Waals surface area contributed by atoms with Crippen molar-refractivity contribution < 1.29 is 63.0 Å². The molecule has 0 bridgehead atoms. The van der Waals surface area contributed by atoms with Crippen LogP contribution in [0.25, 0.3) is 0 Å². The second-order valence-electron chi connectivity index (χ2n) is 16.8. The van der Waals surface area contributed by atoms with Crippen LogP contribution in [0.1, 0.15) is 92.9 Å². The number of unbranched alkanes of at least 4 members (excludes halogenated alkanes) is 1. The quantitative estimate of drug-likeness (QED) is 0.0299. The van der Waals surface area contributed by atoms with Crippen molar-refractivity contribution in [1.29, 1.82) is 0 Å². The Morgan fingerprint density at radius 1 is 0.585 bits per heavy atom. The van der Waals surface area contributed by atoms with Crippen LogP contribution in [0.15, 0.2) is 0 Å². The number of primary amides is 1. The Kier molecular flexibility index (Phi) is 25.9. The van der Waals surface area contributed by atoms with E-state index in [9.17, 15) is 63.0 Å². The van der Waals surface area contributed by atoms with Crippen LogP contribution < -0.4 is 64.6 Å². The Morgan fingerprint density at radius 2 is 1.08 bits per heavy atom. The first-order valence-corrected chi connectivity index (χ1v) is 21.7. The zero-order chi connectivity index (χ0) is 49.4. The van der Waals surface area contributed by atoms with Crippen LogP contribution in [-0.4, -0.2) is 156 Å². The Balaban J connectivity index is 2.81. The molecule has 1 fully saturated rings. The van der Waals surface area contributed by atoms with Gasteiger partial charge in [-0.05, 0) is 77.2 Å². The summed E-state index contributed by atoms with van der Waals surface area (Å²) in [4.78, 5) is 139. The monoisotopic (exact) mass is 927 g/mol. The molecule has 0 aromatic heterocycles. The third-order valence-electron chi connectivity index (χ3n) is 9.81. The molecular formula is C40H70N12O13. The minimum absolute atomic E-state index is 0.0868. The van der Waals surface area contributed by atoms with Gasteiger partial charge in [-0.2, -0.15) is 0 Å². The van der Waals surface area contributed by atoms with Gasteiger partial charge in [0.1, 0.15) is 36.3 Å². The number of carbonyl (C=O) groups excluding carboxylic acids is 10. The van der Waals surface area contributed by atoms with E-state index in [1.54, 1.807) is 27.7 Å². The third-order valence-corrected chi connectivity index (χ3v) is 9.81. The van der Waals surface area contributed by atoms with E-state index >= 15 is 0 Å². The molecule has 1 saturated heterocycles. The third kappa shape index (κ3) is 23.5. The molecule has 368 valence electrons. The Labute approximate surface area is 378 Å². The first kappa shape index (κ1) is 57.1. The standard InChI is InChI=1S/C40H70N12O13/c1-20(2)13-28(52-38(62)25(10-11-30(42)54)49-32(56)18-45-36(60)27-15-24(53)16-43-27)37(61)46-19-33(57)50-29(14-21(3)4)39(63)48-22(5)34(58)44-17-31(55)47-23(6)35(59)51-26(40(64)65)9-7-8-12-41/h20-29,43,53H,7-19,41H2,1-6H3,(H2,42,54)(H,44,58)(H,45,60)(H,46,61)(H,47,55)(H,48,63)(H,49,56)(H,50,57)(H,51,59)(H,52,62)(H,64,65)/t22-,23-,24+,25-,26-,27-,28-,29-/m0/s1. The number of nitrogens with one attached hydrogen (secondary N) is 10. The van der Waals surface area contributed by atoms with Crippen molar-refractivity contribution in [2.24, 2.45) is 23.3 Å². The van der Waals surface area contributed by atoms with Crippen molar-refractivity contribution in [3.63, 3.8) is 0 Å². The van der Waals surface area contributed by atoms with Crippen LogP contribution in [0.4, 0.5) is 0 Å². The number of hydrogen-bond donors (Lipinski definition) is 14. The highest BCUT2D eigenvalue weighted by atomic mass is 16.4. The molecule has 0 unspecified atom stereocenters. The summed E-state index contributed by atoms with van der Waals surface area (Å²) in [5, 5.41) is 43.7. The summed E-state index contributed by atoms with van der Waals surface area (Å²) >= 11 is 0. The lowest BCUT2D eigenvalue weighted by atomic mass is 10.0. The average Bonchev–Trinajstić information content (AvgIpc) is 3.66. The number of rotatable bonds is 30. The van der Waals surface area contributed by atoms with E-state index in [1.165, 1.54) is 13.8 Å². The maximum atomic E-state index is 13.4. The summed E-state index contributed by atoms with van der Waals surface area (Å²) in [6.07, 6.45) is 0.277. The second kappa shape index (κ2) is 29.5. The molecule has 65 heavy (non-hydrogen) atoms. The van der Waals surface area contributed by atoms with E-state index in [2.05, 4.69) is 53.2 Å². The van der Waals surface area contributed by atoms with Gasteiger partial charge in [0.15, 0.2) is 0 Å². The molecule has 16 N–H and O–H groups in total. The van der Waals surface area contributed by atoms with Crippen molar-refractivity contribution in [3.8, 4) is 0 Å². The number of aliphatic hydroxyl groups is 1. The number of aliphatic carboxylic acids is 1. The summed E-state index contributed by atoms with van der Waals surface area (Å²) in [6.45, 7) is 8.59. The molecule has 10 amide bonds. The highest BCUT2D eigenvalue weighted by molar-refractivity contribution is 5.97. The smallest absolute Gasteiger partial charge is 0.326 e. The predicted octanol–water partition coefficient (Wildman–Crippen LogP) is -5.42. The molecule has 0 aliphatic carbocycles. The number of nitrogens with two attached hydrogens (primary N) is 2. The van der Waals surface area contributed by atoms with Crippen molar-refractivity contribution in [1.82, 2.24) is 53.2 Å². The minimum Gasteiger partial charge on any atom is -0.480 e. The number of carbonyl (C=O) groups is 11. The summed E-state index contributed by atoms with van der Waals surface area (Å²) in [7, 11) is 0. The number of amides is 10.